The summed E-state index contributed by atoms with van der Waals surface area (Å²) in [4.78, 5) is 20.8. The van der Waals surface area contributed by atoms with E-state index < -0.39 is 0 Å². The molecule has 0 fully saturated rings. The van der Waals surface area contributed by atoms with Crippen molar-refractivity contribution in [3.8, 4) is 0 Å². The molecule has 0 spiro atoms. The molecule has 0 saturated carbocycles. The van der Waals surface area contributed by atoms with Crippen molar-refractivity contribution in [2.45, 2.75) is 5.32 Å². The molecule has 1 aromatic carbocycles. The summed E-state index contributed by atoms with van der Waals surface area (Å²) in [5, 5.41) is 3.78. The van der Waals surface area contributed by atoms with Gasteiger partial charge in [0.2, 0.25) is 0 Å². The Balaban J connectivity index is 0.00000208. The Labute approximate surface area is 153 Å². The summed E-state index contributed by atoms with van der Waals surface area (Å²) >= 11 is 0.153. The predicted octanol–water partition coefficient (Wildman–Crippen LogP) is 2.68. The Hall–Kier alpha value is -2.20. The second kappa shape index (κ2) is 9.18. The van der Waals surface area contributed by atoms with Gasteiger partial charge in [-0.3, -0.25) is 0 Å². The molecule has 122 valence electrons. The molecule has 3 aromatic rings. The molecular weight excluding hydrogens is 389 g/mol. The van der Waals surface area contributed by atoms with Gasteiger partial charge < -0.3 is 0 Å². The number of nitrogens with one attached hydrogen (secondary N) is 1. The Kier molecular flexibility index (Phi) is 6.94. The van der Waals surface area contributed by atoms with E-state index in [0.29, 0.717) is 0 Å². The minimum absolute atomic E-state index is 0. The average Bonchev–Trinajstić information content (AvgIpc) is 2.62. The third kappa shape index (κ3) is 4.90. The van der Waals surface area contributed by atoms with Crippen LogP contribution in [0.25, 0.3) is 0 Å². The van der Waals surface area contributed by atoms with Gasteiger partial charge in [0.05, 0.1) is 0 Å². The number of halogens is 1. The number of benzene rings is 1. The molecule has 1 N–H and O–H groups in total. The third-order valence-corrected chi connectivity index (χ3v) is 5.49. The van der Waals surface area contributed by atoms with Crippen LogP contribution < -0.4 is 9.78 Å². The molecule has 4 nitrogen and oxygen atoms in total. The monoisotopic (exact) mass is 405 g/mol. The Morgan fingerprint density at radius 1 is 0.958 bits per heavy atom. The number of amides is 1. The number of pyridine rings is 2. The average molecular weight is 405 g/mol. The fourth-order valence-electron chi connectivity index (χ4n) is 2.05. The Morgan fingerprint density at radius 2 is 1.71 bits per heavy atom. The first-order valence-corrected chi connectivity index (χ1v) is 9.23. The molecule has 0 atom stereocenters. The Morgan fingerprint density at radius 3 is 2.46 bits per heavy atom. The van der Waals surface area contributed by atoms with Crippen LogP contribution in [0.1, 0.15) is 16.1 Å². The topological polar surface area (TPSA) is 54.9 Å². The molecule has 0 aliphatic rings. The van der Waals surface area contributed by atoms with E-state index in [1.54, 1.807) is 30.7 Å². The SMILES string of the molecule is Cl.O=C(Nc1ccncc1)c1ccccc1[Se]Cc1ccccn1. The Bertz CT molecular complexity index is 785. The van der Waals surface area contributed by atoms with E-state index in [1.807, 2.05) is 42.5 Å². The molecule has 1 amide bonds. The van der Waals surface area contributed by atoms with Gasteiger partial charge in [0.1, 0.15) is 0 Å². The van der Waals surface area contributed by atoms with Crippen LogP contribution in [0.15, 0.2) is 73.2 Å². The van der Waals surface area contributed by atoms with Gasteiger partial charge >= 0.3 is 141 Å². The number of carbonyl (C=O) groups is 1. The fraction of sp³-hybridized carbons (Fsp3) is 0.0556. The van der Waals surface area contributed by atoms with Crippen LogP contribution in [0.3, 0.4) is 0 Å². The summed E-state index contributed by atoms with van der Waals surface area (Å²) in [7, 11) is 0. The van der Waals surface area contributed by atoms with E-state index in [2.05, 4.69) is 15.3 Å². The summed E-state index contributed by atoms with van der Waals surface area (Å²) in [5.74, 6) is -0.0882. The predicted molar refractivity (Wildman–Crippen MR) is 99.2 cm³/mol. The molecule has 0 aliphatic heterocycles. The van der Waals surface area contributed by atoms with E-state index in [1.165, 1.54) is 0 Å². The summed E-state index contributed by atoms with van der Waals surface area (Å²) in [6.45, 7) is 0. The molecule has 0 bridgehead atoms. The third-order valence-electron chi connectivity index (χ3n) is 3.17. The van der Waals surface area contributed by atoms with Crippen LogP contribution in [0, 0.1) is 0 Å². The number of aromatic nitrogens is 2. The van der Waals surface area contributed by atoms with Gasteiger partial charge in [-0.1, -0.05) is 0 Å². The van der Waals surface area contributed by atoms with E-state index in [0.717, 1.165) is 26.7 Å². The van der Waals surface area contributed by atoms with Crippen LogP contribution in [0.5, 0.6) is 0 Å². The van der Waals surface area contributed by atoms with Gasteiger partial charge in [-0.25, -0.2) is 0 Å². The molecule has 2 aromatic heterocycles. The maximum absolute atomic E-state index is 12.5. The molecular formula is C18H16ClN3OSe. The zero-order valence-corrected chi connectivity index (χ0v) is 15.3. The van der Waals surface area contributed by atoms with Crippen molar-refractivity contribution >= 4 is 43.4 Å². The summed E-state index contributed by atoms with van der Waals surface area (Å²) in [5.41, 5.74) is 2.52. The molecule has 2 heterocycles. The molecule has 3 rings (SSSR count). The van der Waals surface area contributed by atoms with Gasteiger partial charge in [0.25, 0.3) is 0 Å². The number of carbonyl (C=O) groups excluding carboxylic acids is 1. The maximum atomic E-state index is 12.5. The minimum atomic E-state index is -0.0882. The van der Waals surface area contributed by atoms with E-state index in [-0.39, 0.29) is 33.3 Å². The van der Waals surface area contributed by atoms with Gasteiger partial charge in [-0.2, -0.15) is 0 Å². The molecule has 0 saturated heterocycles. The van der Waals surface area contributed by atoms with Gasteiger partial charge in [0, 0.05) is 0 Å². The zero-order valence-electron chi connectivity index (χ0n) is 12.8. The van der Waals surface area contributed by atoms with Crippen LogP contribution >= 0.6 is 12.4 Å². The van der Waals surface area contributed by atoms with Crippen LogP contribution in [0.2, 0.25) is 0 Å². The van der Waals surface area contributed by atoms with E-state index >= 15 is 0 Å². The van der Waals surface area contributed by atoms with Crippen LogP contribution in [0.4, 0.5) is 5.69 Å². The summed E-state index contributed by atoms with van der Waals surface area (Å²) in [6, 6.07) is 17.2. The number of nitrogens with zero attached hydrogens (tertiary/aromatic N) is 2. The molecule has 0 aliphatic carbocycles. The van der Waals surface area contributed by atoms with Crippen LogP contribution in [-0.2, 0) is 5.32 Å². The quantitative estimate of drug-likeness (QED) is 0.665. The second-order valence-corrected chi connectivity index (χ2v) is 6.93. The number of rotatable bonds is 5. The van der Waals surface area contributed by atoms with Crippen LogP contribution in [-0.4, -0.2) is 30.8 Å². The first-order chi connectivity index (χ1) is 11.3. The molecule has 0 radical (unpaired) electrons. The molecule has 6 heteroatoms. The normalized spacial score (nSPS) is 9.83. The van der Waals surface area contributed by atoms with Crippen molar-refractivity contribution in [2.75, 3.05) is 5.32 Å². The first kappa shape index (κ1) is 18.1. The van der Waals surface area contributed by atoms with Crippen molar-refractivity contribution < 1.29 is 4.79 Å². The van der Waals surface area contributed by atoms with Crippen molar-refractivity contribution in [3.05, 3.63) is 84.4 Å². The fourth-order valence-corrected chi connectivity index (χ4v) is 4.07. The summed E-state index contributed by atoms with van der Waals surface area (Å²) < 4.78 is 1.08. The van der Waals surface area contributed by atoms with Gasteiger partial charge in [0.15, 0.2) is 0 Å². The zero-order chi connectivity index (χ0) is 15.9. The van der Waals surface area contributed by atoms with Gasteiger partial charge in [-0.15, -0.1) is 12.4 Å². The second-order valence-electron chi connectivity index (χ2n) is 4.80. The van der Waals surface area contributed by atoms with Crippen molar-refractivity contribution in [3.63, 3.8) is 0 Å². The number of hydrogen-bond donors (Lipinski definition) is 1. The van der Waals surface area contributed by atoms with Crippen molar-refractivity contribution in [2.24, 2.45) is 0 Å². The van der Waals surface area contributed by atoms with E-state index in [4.69, 9.17) is 0 Å². The number of anilines is 1. The summed E-state index contributed by atoms with van der Waals surface area (Å²) in [6.07, 6.45) is 5.12. The standard InChI is InChI=1S/C18H15N3OSe.ClH/c22-18(21-14-8-11-19-12-9-14)16-6-1-2-7-17(16)23-13-15-5-3-4-10-20-15;/h1-12H,13H2,(H,19,21,22);1H. The first-order valence-electron chi connectivity index (χ1n) is 7.16. The van der Waals surface area contributed by atoms with Crippen molar-refractivity contribution in [1.82, 2.24) is 9.97 Å². The van der Waals surface area contributed by atoms with Crippen molar-refractivity contribution in [1.29, 1.82) is 0 Å². The van der Waals surface area contributed by atoms with Gasteiger partial charge in [-0.05, 0) is 0 Å². The molecule has 0 unspecified atom stereocenters. The number of hydrogen-bond acceptors (Lipinski definition) is 3. The van der Waals surface area contributed by atoms with E-state index in [9.17, 15) is 4.79 Å². The molecule has 24 heavy (non-hydrogen) atoms.